The van der Waals surface area contributed by atoms with Crippen LogP contribution in [-0.2, 0) is 13.0 Å². The van der Waals surface area contributed by atoms with E-state index in [0.717, 1.165) is 16.1 Å². The van der Waals surface area contributed by atoms with Crippen LogP contribution in [0.3, 0.4) is 0 Å². The van der Waals surface area contributed by atoms with Gasteiger partial charge in [0.05, 0.1) is 32.0 Å². The summed E-state index contributed by atoms with van der Waals surface area (Å²) in [6, 6.07) is 11.6. The molecule has 0 aliphatic carbocycles. The van der Waals surface area contributed by atoms with E-state index in [0.29, 0.717) is 22.8 Å². The van der Waals surface area contributed by atoms with E-state index in [9.17, 15) is 14.3 Å². The van der Waals surface area contributed by atoms with Crippen molar-refractivity contribution in [3.8, 4) is 11.5 Å². The lowest BCUT2D eigenvalue weighted by Crippen LogP contribution is -2.32. The van der Waals surface area contributed by atoms with Crippen LogP contribution >= 0.6 is 11.3 Å². The molecule has 158 valence electrons. The maximum absolute atomic E-state index is 13.1. The van der Waals surface area contributed by atoms with E-state index in [1.54, 1.807) is 49.6 Å². The average Bonchev–Trinajstić information content (AvgIpc) is 3.23. The quantitative estimate of drug-likeness (QED) is 0.562. The molecule has 0 radical (unpaired) electrons. The minimum Gasteiger partial charge on any atom is -0.497 e. The first kappa shape index (κ1) is 21.7. The van der Waals surface area contributed by atoms with Crippen LogP contribution in [0, 0.1) is 5.82 Å². The van der Waals surface area contributed by atoms with Crippen molar-refractivity contribution in [1.82, 2.24) is 9.88 Å². The molecule has 0 atom stereocenters. The van der Waals surface area contributed by atoms with Gasteiger partial charge >= 0.3 is 0 Å². The predicted molar refractivity (Wildman–Crippen MR) is 113 cm³/mol. The zero-order valence-corrected chi connectivity index (χ0v) is 17.6. The molecule has 0 spiro atoms. The summed E-state index contributed by atoms with van der Waals surface area (Å²) in [6.45, 7) is 0.259. The lowest BCUT2D eigenvalue weighted by molar-refractivity contribution is 0.0711. The molecule has 2 aromatic carbocycles. The van der Waals surface area contributed by atoms with Crippen molar-refractivity contribution in [3.63, 3.8) is 0 Å². The molecule has 8 heteroatoms. The highest BCUT2D eigenvalue weighted by molar-refractivity contribution is 7.13. The number of methoxy groups -OCH3 is 2. The van der Waals surface area contributed by atoms with Crippen molar-refractivity contribution < 1.29 is 23.8 Å². The molecule has 1 aromatic heterocycles. The van der Waals surface area contributed by atoms with Gasteiger partial charge < -0.3 is 19.5 Å². The standard InChI is InChI=1S/C22H23FN2O4S/c1-28-18-7-8-19(29-2)16(12-18)14-25(9-10-26)22(27)20-13-24-21(30-20)11-15-3-5-17(23)6-4-15/h3-8,12-13,26H,9-11,14H2,1-2H3. The first-order valence-electron chi connectivity index (χ1n) is 9.34. The summed E-state index contributed by atoms with van der Waals surface area (Å²) in [5.74, 6) is 0.771. The Morgan fingerprint density at radius 3 is 2.60 bits per heavy atom. The SMILES string of the molecule is COc1ccc(OC)c(CN(CCO)C(=O)c2cnc(Cc3ccc(F)cc3)s2)c1. The van der Waals surface area contributed by atoms with Gasteiger partial charge in [0.2, 0.25) is 0 Å². The number of hydrogen-bond acceptors (Lipinski definition) is 6. The van der Waals surface area contributed by atoms with Crippen LogP contribution in [0.2, 0.25) is 0 Å². The fourth-order valence-corrected chi connectivity index (χ4v) is 3.93. The fourth-order valence-electron chi connectivity index (χ4n) is 3.01. The number of carbonyl (C=O) groups excluding carboxylic acids is 1. The van der Waals surface area contributed by atoms with E-state index in [-0.39, 0.29) is 31.4 Å². The number of thiazole rings is 1. The average molecular weight is 431 g/mol. The highest BCUT2D eigenvalue weighted by Crippen LogP contribution is 2.26. The van der Waals surface area contributed by atoms with Crippen LogP contribution in [-0.4, -0.2) is 48.3 Å². The highest BCUT2D eigenvalue weighted by atomic mass is 32.1. The predicted octanol–water partition coefficient (Wildman–Crippen LogP) is 3.52. The van der Waals surface area contributed by atoms with Gasteiger partial charge in [-0.15, -0.1) is 11.3 Å². The number of amides is 1. The summed E-state index contributed by atoms with van der Waals surface area (Å²) >= 11 is 1.29. The molecule has 0 unspecified atom stereocenters. The van der Waals surface area contributed by atoms with Gasteiger partial charge in [0, 0.05) is 25.1 Å². The molecule has 0 aliphatic rings. The third-order valence-electron chi connectivity index (χ3n) is 4.54. The van der Waals surface area contributed by atoms with Crippen molar-refractivity contribution in [2.45, 2.75) is 13.0 Å². The van der Waals surface area contributed by atoms with E-state index in [2.05, 4.69) is 4.98 Å². The maximum Gasteiger partial charge on any atom is 0.265 e. The topological polar surface area (TPSA) is 71.9 Å². The van der Waals surface area contributed by atoms with Crippen LogP contribution in [0.25, 0.3) is 0 Å². The molecule has 6 nitrogen and oxygen atoms in total. The third kappa shape index (κ3) is 5.34. The van der Waals surface area contributed by atoms with Crippen molar-refractivity contribution in [3.05, 3.63) is 75.5 Å². The molecule has 0 saturated heterocycles. The van der Waals surface area contributed by atoms with Gasteiger partial charge in [0.15, 0.2) is 0 Å². The Kier molecular flexibility index (Phi) is 7.37. The second-order valence-electron chi connectivity index (χ2n) is 6.55. The van der Waals surface area contributed by atoms with E-state index < -0.39 is 0 Å². The number of halogens is 1. The summed E-state index contributed by atoms with van der Waals surface area (Å²) in [6.07, 6.45) is 2.06. The summed E-state index contributed by atoms with van der Waals surface area (Å²) in [4.78, 5) is 19.4. The number of carbonyl (C=O) groups is 1. The molecule has 0 aliphatic heterocycles. The number of aliphatic hydroxyl groups is 1. The van der Waals surface area contributed by atoms with E-state index in [1.807, 2.05) is 6.07 Å². The normalized spacial score (nSPS) is 10.7. The molecule has 0 saturated carbocycles. The first-order valence-corrected chi connectivity index (χ1v) is 10.2. The van der Waals surface area contributed by atoms with Gasteiger partial charge in [-0.1, -0.05) is 12.1 Å². The van der Waals surface area contributed by atoms with E-state index in [4.69, 9.17) is 9.47 Å². The van der Waals surface area contributed by atoms with Gasteiger partial charge in [-0.05, 0) is 35.9 Å². The van der Waals surface area contributed by atoms with Crippen LogP contribution in [0.1, 0.15) is 25.8 Å². The molecular weight excluding hydrogens is 407 g/mol. The van der Waals surface area contributed by atoms with Crippen LogP contribution in [0.4, 0.5) is 4.39 Å². The van der Waals surface area contributed by atoms with Crippen molar-refractivity contribution in [2.75, 3.05) is 27.4 Å². The Bertz CT molecular complexity index is 991. The summed E-state index contributed by atoms with van der Waals surface area (Å²) in [5, 5.41) is 10.2. The molecule has 0 fully saturated rings. The number of nitrogens with zero attached hydrogens (tertiary/aromatic N) is 2. The van der Waals surface area contributed by atoms with Crippen LogP contribution in [0.15, 0.2) is 48.7 Å². The number of aromatic nitrogens is 1. The van der Waals surface area contributed by atoms with Gasteiger partial charge in [-0.3, -0.25) is 4.79 Å². The molecule has 1 amide bonds. The van der Waals surface area contributed by atoms with Crippen LogP contribution in [0.5, 0.6) is 11.5 Å². The third-order valence-corrected chi connectivity index (χ3v) is 5.52. The Balaban J connectivity index is 1.77. The first-order chi connectivity index (χ1) is 14.5. The smallest absolute Gasteiger partial charge is 0.265 e. The lowest BCUT2D eigenvalue weighted by Gasteiger charge is -2.22. The lowest BCUT2D eigenvalue weighted by atomic mass is 10.1. The van der Waals surface area contributed by atoms with Crippen LogP contribution < -0.4 is 9.47 Å². The number of benzene rings is 2. The van der Waals surface area contributed by atoms with Gasteiger partial charge in [0.25, 0.3) is 5.91 Å². The molecular formula is C22H23FN2O4S. The second kappa shape index (κ2) is 10.2. The van der Waals surface area contributed by atoms with Crippen molar-refractivity contribution in [1.29, 1.82) is 0 Å². The largest absolute Gasteiger partial charge is 0.497 e. The number of ether oxygens (including phenoxy) is 2. The fraction of sp³-hybridized carbons (Fsp3) is 0.273. The highest BCUT2D eigenvalue weighted by Gasteiger charge is 2.20. The molecule has 1 N–H and O–H groups in total. The summed E-state index contributed by atoms with van der Waals surface area (Å²) in [7, 11) is 3.14. The maximum atomic E-state index is 13.1. The van der Waals surface area contributed by atoms with E-state index >= 15 is 0 Å². The van der Waals surface area contributed by atoms with Gasteiger partial charge in [-0.2, -0.15) is 0 Å². The minimum atomic E-state index is -0.290. The Hall–Kier alpha value is -2.97. The molecule has 1 heterocycles. The number of aliphatic hydroxyl groups excluding tert-OH is 1. The Morgan fingerprint density at radius 2 is 1.93 bits per heavy atom. The summed E-state index contributed by atoms with van der Waals surface area (Å²) < 4.78 is 23.7. The van der Waals surface area contributed by atoms with E-state index in [1.165, 1.54) is 23.5 Å². The number of rotatable bonds is 9. The monoisotopic (exact) mass is 430 g/mol. The second-order valence-corrected chi connectivity index (χ2v) is 7.66. The van der Waals surface area contributed by atoms with Gasteiger partial charge in [0.1, 0.15) is 22.2 Å². The van der Waals surface area contributed by atoms with Gasteiger partial charge in [-0.25, -0.2) is 9.37 Å². The Labute approximate surface area is 178 Å². The zero-order valence-electron chi connectivity index (χ0n) is 16.8. The number of hydrogen-bond donors (Lipinski definition) is 1. The molecule has 0 bridgehead atoms. The molecule has 3 rings (SSSR count). The minimum absolute atomic E-state index is 0.167. The van der Waals surface area contributed by atoms with Crippen molar-refractivity contribution in [2.24, 2.45) is 0 Å². The van der Waals surface area contributed by atoms with Crippen molar-refractivity contribution >= 4 is 17.2 Å². The molecule has 3 aromatic rings. The summed E-state index contributed by atoms with van der Waals surface area (Å²) in [5.41, 5.74) is 1.69. The molecule has 30 heavy (non-hydrogen) atoms. The zero-order chi connectivity index (χ0) is 21.5. The Morgan fingerprint density at radius 1 is 1.17 bits per heavy atom.